The number of para-hydroxylation sites is 1. The summed E-state index contributed by atoms with van der Waals surface area (Å²) in [7, 11) is -2.51. The van der Waals surface area contributed by atoms with Crippen LogP contribution < -0.4 is 20.4 Å². The van der Waals surface area contributed by atoms with Gasteiger partial charge in [0, 0.05) is 11.1 Å². The first-order valence-corrected chi connectivity index (χ1v) is 12.3. The maximum absolute atomic E-state index is 13.3. The Morgan fingerprint density at radius 1 is 0.971 bits per heavy atom. The molecule has 0 bridgehead atoms. The van der Waals surface area contributed by atoms with E-state index < -0.39 is 15.9 Å². The van der Waals surface area contributed by atoms with Gasteiger partial charge < -0.3 is 14.5 Å². The van der Waals surface area contributed by atoms with Crippen LogP contribution in [0.25, 0.3) is 11.0 Å². The molecular formula is C26H25N3O5S. The first-order chi connectivity index (χ1) is 16.7. The number of benzene rings is 3. The monoisotopic (exact) mass is 491 g/mol. The standard InChI is InChI=1S/C26H25N3O5S/c1-16-11-13-20(14-12-16)35(31,32)29-28-26-21(15-19-8-6-10-23(33-4)24(19)34-26)25(30)27-22-9-5-7-17(2)18(22)3/h5-15,29H,1-4H3,(H,27,30). The highest BCUT2D eigenvalue weighted by atomic mass is 32.2. The van der Waals surface area contributed by atoms with Crippen LogP contribution in [0.15, 0.2) is 81.1 Å². The molecular weight excluding hydrogens is 466 g/mol. The lowest BCUT2D eigenvalue weighted by Crippen LogP contribution is -2.27. The second-order valence-electron chi connectivity index (χ2n) is 8.07. The Balaban J connectivity index is 1.82. The minimum Gasteiger partial charge on any atom is -0.493 e. The van der Waals surface area contributed by atoms with Gasteiger partial charge in [-0.25, -0.2) is 0 Å². The molecule has 1 amide bonds. The average Bonchev–Trinajstić information content (AvgIpc) is 2.84. The van der Waals surface area contributed by atoms with Gasteiger partial charge in [-0.2, -0.15) is 13.2 Å². The minimum atomic E-state index is -4.00. The van der Waals surface area contributed by atoms with Gasteiger partial charge in [0.15, 0.2) is 11.3 Å². The summed E-state index contributed by atoms with van der Waals surface area (Å²) in [6.07, 6.45) is 0. The highest BCUT2D eigenvalue weighted by Gasteiger charge is 2.18. The van der Waals surface area contributed by atoms with E-state index in [1.165, 1.54) is 19.2 Å². The third kappa shape index (κ3) is 5.04. The van der Waals surface area contributed by atoms with Crippen molar-refractivity contribution in [2.24, 2.45) is 5.10 Å². The van der Waals surface area contributed by atoms with E-state index >= 15 is 0 Å². The number of nitrogens with zero attached hydrogens (tertiary/aromatic N) is 1. The summed E-state index contributed by atoms with van der Waals surface area (Å²) in [5.74, 6) is -0.0812. The quantitative estimate of drug-likeness (QED) is 0.388. The molecule has 1 heterocycles. The van der Waals surface area contributed by atoms with Gasteiger partial charge >= 0.3 is 0 Å². The van der Waals surface area contributed by atoms with E-state index in [1.807, 2.05) is 32.9 Å². The fraction of sp³-hybridized carbons (Fsp3) is 0.154. The molecule has 4 rings (SSSR count). The van der Waals surface area contributed by atoms with Crippen molar-refractivity contribution in [1.82, 2.24) is 4.83 Å². The molecule has 9 heteroatoms. The van der Waals surface area contributed by atoms with Gasteiger partial charge in [0.05, 0.1) is 12.0 Å². The summed E-state index contributed by atoms with van der Waals surface area (Å²) in [5, 5.41) is 7.45. The number of anilines is 1. The summed E-state index contributed by atoms with van der Waals surface area (Å²) < 4.78 is 36.8. The maximum atomic E-state index is 13.3. The van der Waals surface area contributed by atoms with E-state index in [-0.39, 0.29) is 16.0 Å². The zero-order chi connectivity index (χ0) is 25.2. The van der Waals surface area contributed by atoms with Gasteiger partial charge in [0.2, 0.25) is 5.55 Å². The van der Waals surface area contributed by atoms with Crippen molar-refractivity contribution < 1.29 is 22.4 Å². The average molecular weight is 492 g/mol. The largest absolute Gasteiger partial charge is 0.493 e. The fourth-order valence-corrected chi connectivity index (χ4v) is 4.28. The van der Waals surface area contributed by atoms with E-state index in [1.54, 1.807) is 42.5 Å². The molecule has 0 aliphatic heterocycles. The number of hydrogen-bond donors (Lipinski definition) is 2. The highest BCUT2D eigenvalue weighted by Crippen LogP contribution is 2.25. The Hall–Kier alpha value is -4.11. The van der Waals surface area contributed by atoms with Gasteiger partial charge in [-0.15, -0.1) is 5.10 Å². The molecule has 0 unspecified atom stereocenters. The molecule has 180 valence electrons. The molecule has 35 heavy (non-hydrogen) atoms. The van der Waals surface area contributed by atoms with Crippen LogP contribution in [-0.2, 0) is 10.0 Å². The Morgan fingerprint density at radius 2 is 1.69 bits per heavy atom. The summed E-state index contributed by atoms with van der Waals surface area (Å²) in [6, 6.07) is 18.7. The van der Waals surface area contributed by atoms with E-state index in [9.17, 15) is 13.2 Å². The Kier molecular flexibility index (Phi) is 6.61. The number of carbonyl (C=O) groups excluding carboxylic acids is 1. The lowest BCUT2D eigenvalue weighted by molar-refractivity contribution is 0.102. The van der Waals surface area contributed by atoms with E-state index in [0.29, 0.717) is 22.4 Å². The molecule has 0 fully saturated rings. The number of carbonyl (C=O) groups is 1. The van der Waals surface area contributed by atoms with Crippen LogP contribution in [0, 0.1) is 20.8 Å². The number of sulfonamides is 1. The molecule has 0 atom stereocenters. The lowest BCUT2D eigenvalue weighted by atomic mass is 10.1. The highest BCUT2D eigenvalue weighted by molar-refractivity contribution is 7.89. The van der Waals surface area contributed by atoms with E-state index in [0.717, 1.165) is 16.7 Å². The molecule has 0 radical (unpaired) electrons. The second kappa shape index (κ2) is 9.63. The van der Waals surface area contributed by atoms with Crippen molar-refractivity contribution >= 4 is 32.6 Å². The minimum absolute atomic E-state index is 0.0339. The van der Waals surface area contributed by atoms with Crippen molar-refractivity contribution in [2.75, 3.05) is 12.4 Å². The molecule has 2 N–H and O–H groups in total. The number of nitrogens with one attached hydrogen (secondary N) is 2. The van der Waals surface area contributed by atoms with Crippen LogP contribution in [0.1, 0.15) is 27.0 Å². The van der Waals surface area contributed by atoms with Crippen LogP contribution in [-0.4, -0.2) is 21.4 Å². The molecule has 4 aromatic rings. The summed E-state index contributed by atoms with van der Waals surface area (Å²) >= 11 is 0. The lowest BCUT2D eigenvalue weighted by Gasteiger charge is -2.11. The first-order valence-electron chi connectivity index (χ1n) is 10.8. The number of rotatable bonds is 6. The zero-order valence-electron chi connectivity index (χ0n) is 19.7. The van der Waals surface area contributed by atoms with Gasteiger partial charge in [-0.3, -0.25) is 4.79 Å². The molecule has 3 aromatic carbocycles. The zero-order valence-corrected chi connectivity index (χ0v) is 20.6. The third-order valence-corrected chi connectivity index (χ3v) is 6.88. The summed E-state index contributed by atoms with van der Waals surface area (Å²) in [6.45, 7) is 5.71. The number of hydrogen-bond acceptors (Lipinski definition) is 6. The number of ether oxygens (including phenoxy) is 1. The fourth-order valence-electron chi connectivity index (χ4n) is 3.48. The molecule has 1 aromatic heterocycles. The summed E-state index contributed by atoms with van der Waals surface area (Å²) in [5.41, 5.74) is 3.66. The Labute approximate surface area is 203 Å². The number of fused-ring (bicyclic) bond motifs is 1. The number of amides is 1. The third-order valence-electron chi connectivity index (χ3n) is 5.65. The van der Waals surface area contributed by atoms with Crippen LogP contribution >= 0.6 is 0 Å². The van der Waals surface area contributed by atoms with Crippen molar-refractivity contribution in [1.29, 1.82) is 0 Å². The Bertz CT molecular complexity index is 1590. The SMILES string of the molecule is COc1cccc2cc(C(=O)Nc3cccc(C)c3C)c(=NNS(=O)(=O)c3ccc(C)cc3)oc12. The first kappa shape index (κ1) is 24.0. The second-order valence-corrected chi connectivity index (χ2v) is 9.73. The van der Waals surface area contributed by atoms with Crippen molar-refractivity contribution in [3.63, 3.8) is 0 Å². The van der Waals surface area contributed by atoms with Crippen LogP contribution in [0.5, 0.6) is 5.75 Å². The van der Waals surface area contributed by atoms with Gasteiger partial charge in [0.1, 0.15) is 5.56 Å². The molecule has 0 saturated carbocycles. The maximum Gasteiger partial charge on any atom is 0.276 e. The molecule has 0 aliphatic carbocycles. The smallest absolute Gasteiger partial charge is 0.276 e. The van der Waals surface area contributed by atoms with Gasteiger partial charge in [-0.05, 0) is 62.2 Å². The molecule has 0 aliphatic rings. The van der Waals surface area contributed by atoms with E-state index in [2.05, 4.69) is 15.2 Å². The molecule has 0 saturated heterocycles. The topological polar surface area (TPSA) is 110 Å². The normalized spacial score (nSPS) is 11.9. The van der Waals surface area contributed by atoms with Crippen molar-refractivity contribution in [3.8, 4) is 5.75 Å². The van der Waals surface area contributed by atoms with Crippen molar-refractivity contribution in [3.05, 3.63) is 94.5 Å². The van der Waals surface area contributed by atoms with E-state index in [4.69, 9.17) is 9.15 Å². The number of aryl methyl sites for hydroxylation is 2. The number of methoxy groups -OCH3 is 1. The Morgan fingerprint density at radius 3 is 2.40 bits per heavy atom. The van der Waals surface area contributed by atoms with Crippen LogP contribution in [0.2, 0.25) is 0 Å². The van der Waals surface area contributed by atoms with Gasteiger partial charge in [0.25, 0.3) is 15.9 Å². The molecule has 8 nitrogen and oxygen atoms in total. The predicted molar refractivity (Wildman–Crippen MR) is 134 cm³/mol. The predicted octanol–water partition coefficient (Wildman–Crippen LogP) is 4.41. The van der Waals surface area contributed by atoms with Crippen molar-refractivity contribution in [2.45, 2.75) is 25.7 Å². The van der Waals surface area contributed by atoms with Crippen LogP contribution in [0.3, 0.4) is 0 Å². The summed E-state index contributed by atoms with van der Waals surface area (Å²) in [4.78, 5) is 15.5. The van der Waals surface area contributed by atoms with Crippen LogP contribution in [0.4, 0.5) is 5.69 Å². The van der Waals surface area contributed by atoms with Gasteiger partial charge in [-0.1, -0.05) is 42.0 Å². The molecule has 0 spiro atoms.